The van der Waals surface area contributed by atoms with Crippen LogP contribution in [-0.4, -0.2) is 17.8 Å². The fourth-order valence-corrected chi connectivity index (χ4v) is 5.09. The zero-order chi connectivity index (χ0) is 17.7. The van der Waals surface area contributed by atoms with Crippen molar-refractivity contribution >= 4 is 39.2 Å². The molecule has 0 radical (unpaired) electrons. The third kappa shape index (κ3) is 2.97. The number of hydrazone groups is 1. The topological polar surface area (TPSA) is 46.5 Å². The summed E-state index contributed by atoms with van der Waals surface area (Å²) in [6.07, 6.45) is 3.70. The van der Waals surface area contributed by atoms with Gasteiger partial charge in [-0.15, -0.1) is 28.3 Å². The molecule has 6 heteroatoms. The van der Waals surface area contributed by atoms with Gasteiger partial charge in [0.25, 0.3) is 0 Å². The van der Waals surface area contributed by atoms with Crippen LogP contribution in [0, 0.1) is 16.7 Å². The second kappa shape index (κ2) is 6.97. The normalized spacial score (nSPS) is 27.4. The van der Waals surface area contributed by atoms with Crippen molar-refractivity contribution in [3.63, 3.8) is 0 Å². The number of rotatable bonds is 4. The third-order valence-electron chi connectivity index (χ3n) is 6.69. The van der Waals surface area contributed by atoms with E-state index >= 15 is 0 Å². The van der Waals surface area contributed by atoms with Gasteiger partial charge in [-0.1, -0.05) is 20.8 Å². The quantitative estimate of drug-likeness (QED) is 0.597. The zero-order valence-corrected chi connectivity index (χ0v) is 18.2. The van der Waals surface area contributed by atoms with E-state index in [0.717, 1.165) is 34.5 Å². The van der Waals surface area contributed by atoms with Gasteiger partial charge in [-0.05, 0) is 54.9 Å². The summed E-state index contributed by atoms with van der Waals surface area (Å²) in [6.45, 7) is 7.18. The van der Waals surface area contributed by atoms with Crippen molar-refractivity contribution in [1.29, 1.82) is 0 Å². The number of benzene rings is 1. The number of aromatic nitrogens is 1. The van der Waals surface area contributed by atoms with E-state index in [1.807, 2.05) is 24.3 Å². The first kappa shape index (κ1) is 19.4. The summed E-state index contributed by atoms with van der Waals surface area (Å²) in [5.41, 5.74) is 7.16. The van der Waals surface area contributed by atoms with Crippen LogP contribution in [0.15, 0.2) is 34.7 Å². The molecular formula is C20H26BrN3OS. The molecule has 4 rings (SSSR count). The highest BCUT2D eigenvalue weighted by Crippen LogP contribution is 2.63. The van der Waals surface area contributed by atoms with Crippen molar-refractivity contribution in [3.05, 3.63) is 29.6 Å². The Hall–Kier alpha value is -1.40. The second-order valence-corrected chi connectivity index (χ2v) is 8.79. The number of hydrogen-bond donors (Lipinski definition) is 1. The van der Waals surface area contributed by atoms with E-state index in [1.54, 1.807) is 18.4 Å². The van der Waals surface area contributed by atoms with Crippen LogP contribution < -0.4 is 10.2 Å². The van der Waals surface area contributed by atoms with Crippen LogP contribution in [-0.2, 0) is 0 Å². The van der Waals surface area contributed by atoms with Gasteiger partial charge in [-0.25, -0.2) is 4.98 Å². The maximum absolute atomic E-state index is 5.21. The standard InChI is InChI=1S/C20H25N3OS.BrH/c1-19(2)14-9-10-20(19,3)17(11-14)22-23-18-21-16(12-25-18)13-5-7-15(24-4)8-6-13;/h5-8,12,14H,9-11H2,1-4H3,(H,21,23);1H/b22-17-;. The smallest absolute Gasteiger partial charge is 0.203 e. The summed E-state index contributed by atoms with van der Waals surface area (Å²) >= 11 is 1.60. The Morgan fingerprint density at radius 2 is 1.96 bits per heavy atom. The van der Waals surface area contributed by atoms with Crippen molar-refractivity contribution in [3.8, 4) is 17.0 Å². The summed E-state index contributed by atoms with van der Waals surface area (Å²) in [5, 5.41) is 7.69. The second-order valence-electron chi connectivity index (χ2n) is 7.93. The molecule has 1 aromatic carbocycles. The maximum atomic E-state index is 5.21. The van der Waals surface area contributed by atoms with Crippen LogP contribution in [0.1, 0.15) is 40.0 Å². The molecule has 1 aromatic heterocycles. The van der Waals surface area contributed by atoms with Gasteiger partial charge in [-0.3, -0.25) is 5.43 Å². The number of methoxy groups -OCH3 is 1. The molecule has 0 amide bonds. The molecule has 2 fully saturated rings. The number of nitrogens with one attached hydrogen (secondary N) is 1. The summed E-state index contributed by atoms with van der Waals surface area (Å²) in [5.74, 6) is 1.63. The van der Waals surface area contributed by atoms with Gasteiger partial charge in [0.2, 0.25) is 5.13 Å². The van der Waals surface area contributed by atoms with E-state index in [0.29, 0.717) is 5.41 Å². The minimum atomic E-state index is 0. The first-order valence-electron chi connectivity index (χ1n) is 8.87. The van der Waals surface area contributed by atoms with Gasteiger partial charge in [0.05, 0.1) is 12.8 Å². The first-order chi connectivity index (χ1) is 11.9. The molecule has 0 aliphatic heterocycles. The number of thiazole rings is 1. The van der Waals surface area contributed by atoms with Crippen LogP contribution >= 0.6 is 28.3 Å². The lowest BCUT2D eigenvalue weighted by molar-refractivity contribution is 0.194. The van der Waals surface area contributed by atoms with E-state index in [2.05, 4.69) is 36.6 Å². The number of fused-ring (bicyclic) bond motifs is 2. The van der Waals surface area contributed by atoms with Crippen molar-refractivity contribution in [2.45, 2.75) is 40.0 Å². The van der Waals surface area contributed by atoms with Crippen molar-refractivity contribution < 1.29 is 4.74 Å². The Bertz CT molecular complexity index is 815. The van der Waals surface area contributed by atoms with Crippen LogP contribution in [0.3, 0.4) is 0 Å². The lowest BCUT2D eigenvalue weighted by Gasteiger charge is -2.34. The first-order valence-corrected chi connectivity index (χ1v) is 9.75. The van der Waals surface area contributed by atoms with Crippen molar-refractivity contribution in [2.24, 2.45) is 21.8 Å². The summed E-state index contributed by atoms with van der Waals surface area (Å²) < 4.78 is 5.21. The van der Waals surface area contributed by atoms with Gasteiger partial charge in [0.1, 0.15) is 5.75 Å². The van der Waals surface area contributed by atoms with E-state index in [4.69, 9.17) is 9.84 Å². The number of ether oxygens (including phenoxy) is 1. The molecule has 1 heterocycles. The summed E-state index contributed by atoms with van der Waals surface area (Å²) in [6, 6.07) is 7.98. The lowest BCUT2D eigenvalue weighted by Crippen LogP contribution is -2.32. The Morgan fingerprint density at radius 3 is 2.54 bits per heavy atom. The number of hydrogen-bond acceptors (Lipinski definition) is 5. The molecule has 2 atom stereocenters. The van der Waals surface area contributed by atoms with Gasteiger partial charge in [0, 0.05) is 22.1 Å². The molecule has 26 heavy (non-hydrogen) atoms. The average molecular weight is 436 g/mol. The van der Waals surface area contributed by atoms with Gasteiger partial charge >= 0.3 is 0 Å². The number of anilines is 1. The average Bonchev–Trinajstić information content (AvgIpc) is 3.22. The van der Waals surface area contributed by atoms with E-state index < -0.39 is 0 Å². The highest BCUT2D eigenvalue weighted by atomic mass is 79.9. The fourth-order valence-electron chi connectivity index (χ4n) is 4.43. The van der Waals surface area contributed by atoms with Crippen LogP contribution in [0.25, 0.3) is 11.3 Å². The Balaban J connectivity index is 0.00000196. The molecule has 0 saturated heterocycles. The minimum absolute atomic E-state index is 0. The predicted octanol–water partition coefficient (Wildman–Crippen LogP) is 6.01. The van der Waals surface area contributed by atoms with Crippen molar-refractivity contribution in [2.75, 3.05) is 12.5 Å². The Kier molecular flexibility index (Phi) is 5.19. The largest absolute Gasteiger partial charge is 0.497 e. The highest BCUT2D eigenvalue weighted by Gasteiger charge is 2.59. The lowest BCUT2D eigenvalue weighted by atomic mass is 9.70. The molecular weight excluding hydrogens is 410 g/mol. The van der Waals surface area contributed by atoms with Gasteiger partial charge in [0.15, 0.2) is 0 Å². The molecule has 0 spiro atoms. The van der Waals surface area contributed by atoms with Crippen molar-refractivity contribution in [1.82, 2.24) is 4.98 Å². The van der Waals surface area contributed by atoms with Crippen LogP contribution in [0.5, 0.6) is 5.75 Å². The molecule has 2 aromatic rings. The monoisotopic (exact) mass is 435 g/mol. The van der Waals surface area contributed by atoms with E-state index in [-0.39, 0.29) is 22.4 Å². The third-order valence-corrected chi connectivity index (χ3v) is 7.44. The number of halogens is 1. The Morgan fingerprint density at radius 1 is 1.23 bits per heavy atom. The fraction of sp³-hybridized carbons (Fsp3) is 0.500. The molecule has 2 saturated carbocycles. The van der Waals surface area contributed by atoms with E-state index in [9.17, 15) is 0 Å². The van der Waals surface area contributed by atoms with Gasteiger partial charge in [-0.2, -0.15) is 5.10 Å². The predicted molar refractivity (Wildman–Crippen MR) is 115 cm³/mol. The molecule has 140 valence electrons. The SMILES string of the molecule is Br.COc1ccc(-c2csc(N/N=C3/CC4CCC3(C)C4(C)C)n2)cc1. The van der Waals surface area contributed by atoms with Gasteiger partial charge < -0.3 is 4.74 Å². The summed E-state index contributed by atoms with van der Waals surface area (Å²) in [4.78, 5) is 4.68. The minimum Gasteiger partial charge on any atom is -0.497 e. The maximum Gasteiger partial charge on any atom is 0.203 e. The summed E-state index contributed by atoms with van der Waals surface area (Å²) in [7, 11) is 1.68. The molecule has 2 bridgehead atoms. The highest BCUT2D eigenvalue weighted by molar-refractivity contribution is 8.93. The molecule has 1 N–H and O–H groups in total. The molecule has 2 aliphatic carbocycles. The van der Waals surface area contributed by atoms with Crippen LogP contribution in [0.2, 0.25) is 0 Å². The number of nitrogens with zero attached hydrogens (tertiary/aromatic N) is 2. The zero-order valence-electron chi connectivity index (χ0n) is 15.7. The van der Waals surface area contributed by atoms with Crippen LogP contribution in [0.4, 0.5) is 5.13 Å². The van der Waals surface area contributed by atoms with E-state index in [1.165, 1.54) is 18.6 Å². The molecule has 4 nitrogen and oxygen atoms in total. The molecule has 2 unspecified atom stereocenters. The Labute approximate surface area is 169 Å². The molecule has 2 aliphatic rings.